The van der Waals surface area contributed by atoms with Crippen molar-refractivity contribution in [2.75, 3.05) is 0 Å². The van der Waals surface area contributed by atoms with E-state index in [0.717, 1.165) is 22.3 Å². The highest BCUT2D eigenvalue weighted by Crippen LogP contribution is 2.38. The molecule has 3 heteroatoms. The van der Waals surface area contributed by atoms with E-state index in [-0.39, 0.29) is 16.6 Å². The number of hydrogen-bond acceptors (Lipinski definition) is 3. The summed E-state index contributed by atoms with van der Waals surface area (Å²) in [6.45, 7) is 14.7. The monoisotopic (exact) mass is 443 g/mol. The van der Waals surface area contributed by atoms with Crippen LogP contribution in [0.1, 0.15) is 76.3 Å². The minimum absolute atomic E-state index is 0.0727. The molecule has 3 rings (SSSR count). The van der Waals surface area contributed by atoms with Gasteiger partial charge in [-0.05, 0) is 40.5 Å². The lowest BCUT2D eigenvalue weighted by molar-refractivity contribution is 0.0589. The minimum atomic E-state index is -1.30. The molecule has 2 N–H and O–H groups in total. The summed E-state index contributed by atoms with van der Waals surface area (Å²) in [5.74, 6) is 0.245. The van der Waals surface area contributed by atoms with Crippen molar-refractivity contribution < 1.29 is 10.2 Å². The molecule has 0 saturated heterocycles. The fraction of sp³-hybridized carbons (Fsp3) is 0.367. The molecule has 3 nitrogen and oxygen atoms in total. The first kappa shape index (κ1) is 24.7. The van der Waals surface area contributed by atoms with Crippen LogP contribution in [0.2, 0.25) is 0 Å². The van der Waals surface area contributed by atoms with Crippen LogP contribution in [0.3, 0.4) is 0 Å². The summed E-state index contributed by atoms with van der Waals surface area (Å²) < 4.78 is 0. The summed E-state index contributed by atoms with van der Waals surface area (Å²) >= 11 is 0. The van der Waals surface area contributed by atoms with Gasteiger partial charge >= 0.3 is 0 Å². The standard InChI is InChI=1S/C30H37NO2/c1-21(30(33,23-14-10-8-11-15-23)24-16-12-9-13-17-24)31-20-22-18-25(28(2,3)4)19-26(27(22)32)29(5,6)7/h8-21,32-33H,1-7H3. The van der Waals surface area contributed by atoms with Crippen LogP contribution in [0.25, 0.3) is 0 Å². The van der Waals surface area contributed by atoms with E-state index in [2.05, 4.69) is 47.6 Å². The third-order valence-electron chi connectivity index (χ3n) is 6.28. The summed E-state index contributed by atoms with van der Waals surface area (Å²) in [7, 11) is 0. The normalized spacial score (nSPS) is 13.9. The molecule has 3 aromatic carbocycles. The topological polar surface area (TPSA) is 52.8 Å². The van der Waals surface area contributed by atoms with Crippen molar-refractivity contribution in [1.29, 1.82) is 0 Å². The second-order valence-corrected chi connectivity index (χ2v) is 10.9. The summed E-state index contributed by atoms with van der Waals surface area (Å²) in [5, 5.41) is 23.1. The highest BCUT2D eigenvalue weighted by atomic mass is 16.3. The van der Waals surface area contributed by atoms with Crippen LogP contribution in [0.5, 0.6) is 5.75 Å². The number of phenols is 1. The number of aromatic hydroxyl groups is 1. The number of hydrogen-bond donors (Lipinski definition) is 2. The number of phenolic OH excluding ortho intramolecular Hbond substituents is 1. The molecule has 33 heavy (non-hydrogen) atoms. The summed E-state index contributed by atoms with van der Waals surface area (Å²) in [5.41, 5.74) is 2.68. The number of nitrogens with zero attached hydrogens (tertiary/aromatic N) is 1. The fourth-order valence-corrected chi connectivity index (χ4v) is 4.09. The zero-order valence-corrected chi connectivity index (χ0v) is 20.9. The molecule has 1 atom stereocenters. The lowest BCUT2D eigenvalue weighted by atomic mass is 9.79. The van der Waals surface area contributed by atoms with Crippen LogP contribution in [-0.2, 0) is 16.4 Å². The Bertz CT molecular complexity index is 1060. The second kappa shape index (κ2) is 9.15. The molecule has 3 aromatic rings. The van der Waals surface area contributed by atoms with Gasteiger partial charge in [-0.15, -0.1) is 0 Å². The molecular weight excluding hydrogens is 406 g/mol. The van der Waals surface area contributed by atoms with E-state index >= 15 is 0 Å². The van der Waals surface area contributed by atoms with Gasteiger partial charge in [0.2, 0.25) is 0 Å². The van der Waals surface area contributed by atoms with E-state index in [4.69, 9.17) is 4.99 Å². The lowest BCUT2D eigenvalue weighted by Crippen LogP contribution is -2.38. The Morgan fingerprint density at radius 2 is 1.21 bits per heavy atom. The highest BCUT2D eigenvalue weighted by Gasteiger charge is 2.37. The van der Waals surface area contributed by atoms with E-state index in [9.17, 15) is 10.2 Å². The first-order chi connectivity index (χ1) is 15.3. The van der Waals surface area contributed by atoms with Crippen LogP contribution < -0.4 is 0 Å². The molecule has 0 aliphatic heterocycles. The number of aliphatic imine (C=N–C) groups is 1. The molecule has 0 aliphatic carbocycles. The van der Waals surface area contributed by atoms with Crippen molar-refractivity contribution >= 4 is 6.21 Å². The van der Waals surface area contributed by atoms with Crippen LogP contribution >= 0.6 is 0 Å². The Balaban J connectivity index is 2.11. The Labute approximate surface area is 198 Å². The van der Waals surface area contributed by atoms with Crippen molar-refractivity contribution in [1.82, 2.24) is 0 Å². The molecule has 0 fully saturated rings. The molecule has 0 spiro atoms. The maximum Gasteiger partial charge on any atom is 0.137 e. The Morgan fingerprint density at radius 1 is 0.727 bits per heavy atom. The molecule has 1 unspecified atom stereocenters. The predicted octanol–water partition coefficient (Wildman–Crippen LogP) is 6.73. The maximum absolute atomic E-state index is 12.0. The zero-order chi connectivity index (χ0) is 24.4. The SMILES string of the molecule is CC(N=Cc1cc(C(C)(C)C)cc(C(C)(C)C)c1O)C(O)(c1ccccc1)c1ccccc1. The number of benzene rings is 3. The smallest absolute Gasteiger partial charge is 0.137 e. The molecule has 0 amide bonds. The van der Waals surface area contributed by atoms with Gasteiger partial charge in [0.15, 0.2) is 0 Å². The number of rotatable bonds is 5. The van der Waals surface area contributed by atoms with Crippen LogP contribution in [0, 0.1) is 0 Å². The fourth-order valence-electron chi connectivity index (χ4n) is 4.09. The highest BCUT2D eigenvalue weighted by molar-refractivity contribution is 5.85. The molecule has 174 valence electrons. The van der Waals surface area contributed by atoms with E-state index < -0.39 is 11.6 Å². The molecule has 0 bridgehead atoms. The van der Waals surface area contributed by atoms with E-state index in [1.165, 1.54) is 0 Å². The summed E-state index contributed by atoms with van der Waals surface area (Å²) in [6.07, 6.45) is 1.71. The lowest BCUT2D eigenvalue weighted by Gasteiger charge is -2.33. The van der Waals surface area contributed by atoms with Gasteiger partial charge in [-0.1, -0.05) is 108 Å². The average molecular weight is 444 g/mol. The average Bonchev–Trinajstić information content (AvgIpc) is 2.77. The van der Waals surface area contributed by atoms with E-state index in [0.29, 0.717) is 5.56 Å². The Hall–Kier alpha value is -2.91. The first-order valence-corrected chi connectivity index (χ1v) is 11.6. The van der Waals surface area contributed by atoms with E-state index in [1.54, 1.807) is 6.21 Å². The molecular formula is C30H37NO2. The van der Waals surface area contributed by atoms with Gasteiger partial charge in [0, 0.05) is 17.3 Å². The second-order valence-electron chi connectivity index (χ2n) is 10.9. The van der Waals surface area contributed by atoms with Crippen molar-refractivity contribution in [3.8, 4) is 5.75 Å². The van der Waals surface area contributed by atoms with Gasteiger partial charge in [0.1, 0.15) is 11.4 Å². The van der Waals surface area contributed by atoms with Gasteiger partial charge in [-0.2, -0.15) is 0 Å². The molecule has 0 aliphatic rings. The Kier molecular flexibility index (Phi) is 6.85. The van der Waals surface area contributed by atoms with Gasteiger partial charge in [0.25, 0.3) is 0 Å². The summed E-state index contributed by atoms with van der Waals surface area (Å²) in [4.78, 5) is 4.79. The van der Waals surface area contributed by atoms with Gasteiger partial charge in [-0.25, -0.2) is 0 Å². The molecule has 0 saturated carbocycles. The number of aliphatic hydroxyl groups is 1. The van der Waals surface area contributed by atoms with Gasteiger partial charge < -0.3 is 10.2 Å². The van der Waals surface area contributed by atoms with Gasteiger partial charge in [-0.3, -0.25) is 4.99 Å². The third-order valence-corrected chi connectivity index (χ3v) is 6.28. The first-order valence-electron chi connectivity index (χ1n) is 11.6. The van der Waals surface area contributed by atoms with Crippen molar-refractivity contribution in [3.05, 3.63) is 101 Å². The van der Waals surface area contributed by atoms with E-state index in [1.807, 2.05) is 73.7 Å². The van der Waals surface area contributed by atoms with Gasteiger partial charge in [0.05, 0.1) is 6.04 Å². The van der Waals surface area contributed by atoms with Crippen LogP contribution in [0.15, 0.2) is 77.8 Å². The molecule has 0 heterocycles. The molecule has 0 radical (unpaired) electrons. The maximum atomic E-state index is 12.0. The Morgan fingerprint density at radius 3 is 1.64 bits per heavy atom. The van der Waals surface area contributed by atoms with Crippen molar-refractivity contribution in [2.24, 2.45) is 4.99 Å². The molecule has 0 aromatic heterocycles. The van der Waals surface area contributed by atoms with Crippen LogP contribution in [-0.4, -0.2) is 22.5 Å². The third kappa shape index (κ3) is 5.20. The van der Waals surface area contributed by atoms with Crippen molar-refractivity contribution in [2.45, 2.75) is 70.9 Å². The van der Waals surface area contributed by atoms with Crippen molar-refractivity contribution in [3.63, 3.8) is 0 Å². The summed E-state index contributed by atoms with van der Waals surface area (Å²) in [6, 6.07) is 22.9. The van der Waals surface area contributed by atoms with Crippen LogP contribution in [0.4, 0.5) is 0 Å². The zero-order valence-electron chi connectivity index (χ0n) is 20.9. The largest absolute Gasteiger partial charge is 0.507 e. The quantitative estimate of drug-likeness (QED) is 0.430. The predicted molar refractivity (Wildman–Crippen MR) is 138 cm³/mol. The minimum Gasteiger partial charge on any atom is -0.507 e.